The SMILES string of the molecule is COC(=O)C(CS(=O)c1ccc(Br)cc1)c1ccccc1. The minimum absolute atomic E-state index is 0.207. The lowest BCUT2D eigenvalue weighted by molar-refractivity contribution is -0.141. The third-order valence-electron chi connectivity index (χ3n) is 3.08. The van der Waals surface area contributed by atoms with Crippen molar-refractivity contribution in [3.63, 3.8) is 0 Å². The van der Waals surface area contributed by atoms with Crippen LogP contribution in [0.15, 0.2) is 64.0 Å². The lowest BCUT2D eigenvalue weighted by atomic mass is 10.0. The Hall–Kier alpha value is -1.46. The van der Waals surface area contributed by atoms with E-state index < -0.39 is 16.7 Å². The molecule has 0 N–H and O–H groups in total. The predicted octanol–water partition coefficient (Wildman–Crippen LogP) is 3.51. The van der Waals surface area contributed by atoms with Gasteiger partial charge in [-0.1, -0.05) is 46.3 Å². The number of benzene rings is 2. The van der Waals surface area contributed by atoms with Crippen LogP contribution in [-0.2, 0) is 20.3 Å². The van der Waals surface area contributed by atoms with E-state index in [0.29, 0.717) is 4.90 Å². The van der Waals surface area contributed by atoms with E-state index in [2.05, 4.69) is 15.9 Å². The van der Waals surface area contributed by atoms with Gasteiger partial charge in [-0.25, -0.2) is 0 Å². The molecule has 0 saturated heterocycles. The van der Waals surface area contributed by atoms with Gasteiger partial charge in [0.1, 0.15) is 0 Å². The monoisotopic (exact) mass is 366 g/mol. The van der Waals surface area contributed by atoms with Crippen LogP contribution in [0.25, 0.3) is 0 Å². The molecule has 2 atom stereocenters. The fraction of sp³-hybridized carbons (Fsp3) is 0.188. The van der Waals surface area contributed by atoms with Crippen molar-refractivity contribution in [3.8, 4) is 0 Å². The summed E-state index contributed by atoms with van der Waals surface area (Å²) in [4.78, 5) is 12.7. The number of hydrogen-bond acceptors (Lipinski definition) is 3. The summed E-state index contributed by atoms with van der Waals surface area (Å²) < 4.78 is 18.2. The number of ether oxygens (including phenoxy) is 1. The Bertz CT molecular complexity index is 626. The van der Waals surface area contributed by atoms with Crippen molar-refractivity contribution >= 4 is 32.7 Å². The van der Waals surface area contributed by atoms with E-state index in [-0.39, 0.29) is 11.7 Å². The Labute approximate surface area is 134 Å². The van der Waals surface area contributed by atoms with Gasteiger partial charge in [0.2, 0.25) is 0 Å². The van der Waals surface area contributed by atoms with Crippen molar-refractivity contribution < 1.29 is 13.7 Å². The molecule has 0 aliphatic rings. The molecule has 0 amide bonds. The van der Waals surface area contributed by atoms with Crippen LogP contribution in [0, 0.1) is 0 Å². The zero-order valence-corrected chi connectivity index (χ0v) is 13.9. The summed E-state index contributed by atoms with van der Waals surface area (Å²) in [7, 11) is 0.0819. The molecule has 5 heteroatoms. The summed E-state index contributed by atoms with van der Waals surface area (Å²) in [5.41, 5.74) is 0.815. The van der Waals surface area contributed by atoms with E-state index in [0.717, 1.165) is 10.0 Å². The van der Waals surface area contributed by atoms with Crippen molar-refractivity contribution in [2.75, 3.05) is 12.9 Å². The van der Waals surface area contributed by atoms with Crippen molar-refractivity contribution in [1.82, 2.24) is 0 Å². The second-order valence-corrected chi connectivity index (χ2v) is 6.86. The van der Waals surface area contributed by atoms with E-state index in [1.807, 2.05) is 42.5 Å². The van der Waals surface area contributed by atoms with Gasteiger partial charge in [0.15, 0.2) is 0 Å². The summed E-state index contributed by atoms with van der Waals surface area (Å²) >= 11 is 3.34. The molecule has 2 aromatic rings. The molecule has 2 aromatic carbocycles. The average molecular weight is 367 g/mol. The van der Waals surface area contributed by atoms with Crippen LogP contribution in [0.2, 0.25) is 0 Å². The van der Waals surface area contributed by atoms with E-state index in [4.69, 9.17) is 4.74 Å². The molecule has 0 fully saturated rings. The van der Waals surface area contributed by atoms with Gasteiger partial charge < -0.3 is 4.74 Å². The number of carbonyl (C=O) groups is 1. The second kappa shape index (κ2) is 7.52. The molecule has 0 bridgehead atoms. The summed E-state index contributed by atoms with van der Waals surface area (Å²) in [5.74, 6) is -0.689. The Morgan fingerprint density at radius 1 is 1.14 bits per heavy atom. The van der Waals surface area contributed by atoms with Crippen LogP contribution >= 0.6 is 15.9 Å². The summed E-state index contributed by atoms with van der Waals surface area (Å²) in [6, 6.07) is 16.5. The van der Waals surface area contributed by atoms with Gasteiger partial charge in [0.25, 0.3) is 0 Å². The highest BCUT2D eigenvalue weighted by Crippen LogP contribution is 2.22. The van der Waals surface area contributed by atoms with Gasteiger partial charge in [-0.2, -0.15) is 0 Å². The minimum atomic E-state index is -1.27. The number of esters is 1. The molecule has 2 unspecified atom stereocenters. The zero-order valence-electron chi connectivity index (χ0n) is 11.5. The molecular formula is C16H15BrO3S. The van der Waals surface area contributed by atoms with E-state index in [1.54, 1.807) is 12.1 Å². The third kappa shape index (κ3) is 4.25. The van der Waals surface area contributed by atoms with E-state index in [9.17, 15) is 9.00 Å². The van der Waals surface area contributed by atoms with Gasteiger partial charge in [-0.3, -0.25) is 9.00 Å². The van der Waals surface area contributed by atoms with E-state index >= 15 is 0 Å². The third-order valence-corrected chi connectivity index (χ3v) is 5.04. The van der Waals surface area contributed by atoms with Crippen LogP contribution in [0.4, 0.5) is 0 Å². The Morgan fingerprint density at radius 2 is 1.76 bits per heavy atom. The first-order valence-electron chi connectivity index (χ1n) is 6.38. The molecule has 0 radical (unpaired) electrons. The zero-order chi connectivity index (χ0) is 15.2. The maximum Gasteiger partial charge on any atom is 0.314 e. The molecule has 0 aliphatic heterocycles. The smallest absolute Gasteiger partial charge is 0.314 e. The first kappa shape index (κ1) is 15.9. The van der Waals surface area contributed by atoms with Gasteiger partial charge in [0.05, 0.1) is 23.8 Å². The standard InChI is InChI=1S/C16H15BrO3S/c1-20-16(18)15(12-5-3-2-4-6-12)11-21(19)14-9-7-13(17)8-10-14/h2-10,15H,11H2,1H3. The van der Waals surface area contributed by atoms with Gasteiger partial charge in [0, 0.05) is 15.1 Å². The minimum Gasteiger partial charge on any atom is -0.469 e. The molecule has 0 aromatic heterocycles. The highest BCUT2D eigenvalue weighted by atomic mass is 79.9. The van der Waals surface area contributed by atoms with Gasteiger partial charge >= 0.3 is 5.97 Å². The van der Waals surface area contributed by atoms with Crippen molar-refractivity contribution in [1.29, 1.82) is 0 Å². The Morgan fingerprint density at radius 3 is 2.33 bits per heavy atom. The topological polar surface area (TPSA) is 43.4 Å². The molecule has 0 heterocycles. The number of rotatable bonds is 5. The van der Waals surface area contributed by atoms with Crippen LogP contribution in [0.5, 0.6) is 0 Å². The summed E-state index contributed by atoms with van der Waals surface area (Å²) in [6.07, 6.45) is 0. The lowest BCUT2D eigenvalue weighted by Crippen LogP contribution is -2.20. The molecule has 0 aliphatic carbocycles. The summed E-state index contributed by atoms with van der Waals surface area (Å²) in [6.45, 7) is 0. The molecule has 2 rings (SSSR count). The highest BCUT2D eigenvalue weighted by Gasteiger charge is 2.24. The largest absolute Gasteiger partial charge is 0.469 e. The number of carbonyl (C=O) groups excluding carboxylic acids is 1. The number of hydrogen-bond donors (Lipinski definition) is 0. The second-order valence-electron chi connectivity index (χ2n) is 4.45. The average Bonchev–Trinajstić information content (AvgIpc) is 2.53. The van der Waals surface area contributed by atoms with Gasteiger partial charge in [-0.05, 0) is 29.8 Å². The quantitative estimate of drug-likeness (QED) is 0.760. The maximum atomic E-state index is 12.4. The first-order valence-corrected chi connectivity index (χ1v) is 8.49. The van der Waals surface area contributed by atoms with E-state index in [1.165, 1.54) is 7.11 Å². The molecule has 0 spiro atoms. The summed E-state index contributed by atoms with van der Waals surface area (Å²) in [5, 5.41) is 0. The fourth-order valence-corrected chi connectivity index (χ4v) is 3.49. The number of halogens is 1. The van der Waals surface area contributed by atoms with Crippen molar-refractivity contribution in [2.45, 2.75) is 10.8 Å². The van der Waals surface area contributed by atoms with Crippen molar-refractivity contribution in [2.24, 2.45) is 0 Å². The van der Waals surface area contributed by atoms with Gasteiger partial charge in [-0.15, -0.1) is 0 Å². The fourth-order valence-electron chi connectivity index (χ4n) is 1.96. The molecular weight excluding hydrogens is 352 g/mol. The Kier molecular flexibility index (Phi) is 5.70. The molecule has 110 valence electrons. The Balaban J connectivity index is 2.21. The lowest BCUT2D eigenvalue weighted by Gasteiger charge is -2.14. The van der Waals surface area contributed by atoms with Crippen LogP contribution in [0.1, 0.15) is 11.5 Å². The molecule has 21 heavy (non-hydrogen) atoms. The highest BCUT2D eigenvalue weighted by molar-refractivity contribution is 9.10. The first-order chi connectivity index (χ1) is 10.1. The number of methoxy groups -OCH3 is 1. The maximum absolute atomic E-state index is 12.4. The molecule has 0 saturated carbocycles. The molecule has 3 nitrogen and oxygen atoms in total. The van der Waals surface area contributed by atoms with Crippen LogP contribution in [-0.4, -0.2) is 23.0 Å². The predicted molar refractivity (Wildman–Crippen MR) is 86.6 cm³/mol. The van der Waals surface area contributed by atoms with Crippen molar-refractivity contribution in [3.05, 3.63) is 64.6 Å². The van der Waals surface area contributed by atoms with Crippen LogP contribution in [0.3, 0.4) is 0 Å². The van der Waals surface area contributed by atoms with Crippen LogP contribution < -0.4 is 0 Å². The normalized spacial score (nSPS) is 13.4.